The van der Waals surface area contributed by atoms with Crippen molar-refractivity contribution in [1.82, 2.24) is 0 Å². The van der Waals surface area contributed by atoms with Gasteiger partial charge in [0.2, 0.25) is 0 Å². The van der Waals surface area contributed by atoms with E-state index in [9.17, 15) is 19.0 Å². The van der Waals surface area contributed by atoms with Crippen LogP contribution in [0, 0.1) is 0 Å². The third kappa shape index (κ3) is 60.6. The number of allylic oxidation sites excluding steroid dienone is 28. The molecule has 0 aromatic carbocycles. The van der Waals surface area contributed by atoms with Gasteiger partial charge in [0.1, 0.15) is 19.8 Å². The lowest BCUT2D eigenvalue weighted by Crippen LogP contribution is -2.37. The fourth-order valence-electron chi connectivity index (χ4n) is 7.20. The number of hydrogen-bond acceptors (Lipinski definition) is 8. The maximum atomic E-state index is 12.8. The summed E-state index contributed by atoms with van der Waals surface area (Å²) in [5.41, 5.74) is 0. The van der Waals surface area contributed by atoms with Crippen LogP contribution in [0.4, 0.5) is 0 Å². The molecule has 0 N–H and O–H groups in total. The summed E-state index contributed by atoms with van der Waals surface area (Å²) >= 11 is 0. The molecule has 0 heterocycles. The van der Waals surface area contributed by atoms with Gasteiger partial charge in [0.15, 0.2) is 6.10 Å². The number of carbonyl (C=O) groups is 2. The highest BCUT2D eigenvalue weighted by molar-refractivity contribution is 7.45. The van der Waals surface area contributed by atoms with Crippen LogP contribution in [-0.4, -0.2) is 70.0 Å². The standard InChI is InChI=1S/C68H108NO8P/c1-6-8-10-12-14-16-18-20-22-24-26-28-29-30-31-32-33-34-35-36-37-38-39-41-43-45-47-49-51-53-55-57-59-61-68(71)77-66(65-76-78(72,73)75-63-62-69(3,4)5)64-74-67(70)60-58-56-54-52-50-48-46-44-42-40-27-25-23-21-19-17-15-13-11-9-7-2/h8-11,14-17,20-23,26-28,30-31,33-34,36-37,39-41,45,47,51,53,66H,6-7,12-13,18-19,24-25,29,32,35,38,42-44,46,48-50,52,54-65H2,1-5H3/b10-8-,11-9-,16-14-,17-15-,22-20-,23-21-,28-26-,31-30-,34-33-,37-36-,40-27-,41-39-,47-45-,53-51-. The lowest BCUT2D eigenvalue weighted by molar-refractivity contribution is -0.870. The molecule has 0 bridgehead atoms. The highest BCUT2D eigenvalue weighted by atomic mass is 31.2. The number of quaternary nitrogens is 1. The number of unbranched alkanes of at least 4 members (excludes halogenated alkanes) is 10. The van der Waals surface area contributed by atoms with E-state index in [1.807, 2.05) is 21.1 Å². The van der Waals surface area contributed by atoms with Gasteiger partial charge in [-0.25, -0.2) is 0 Å². The van der Waals surface area contributed by atoms with Crippen molar-refractivity contribution >= 4 is 19.8 Å². The summed E-state index contributed by atoms with van der Waals surface area (Å²) in [6, 6.07) is 0. The van der Waals surface area contributed by atoms with Crippen LogP contribution in [0.15, 0.2) is 170 Å². The SMILES string of the molecule is CC/C=C\C/C=C\C/C=C\C/C=C\C/C=C\C/C=C\C/C=C\C/C=C\C/C=C\C/C=C\CCCCC(=O)OC(COC(=O)CCCCCCCCCC/C=C\C/C=C\C/C=C\C/C=C\CC)COP(=O)([O-])OCC[N+](C)(C)C. The molecule has 9 nitrogen and oxygen atoms in total. The summed E-state index contributed by atoms with van der Waals surface area (Å²) in [7, 11) is 1.10. The van der Waals surface area contributed by atoms with Crippen molar-refractivity contribution in [2.45, 2.75) is 200 Å². The van der Waals surface area contributed by atoms with E-state index >= 15 is 0 Å². The van der Waals surface area contributed by atoms with Crippen LogP contribution < -0.4 is 4.89 Å². The number of rotatable bonds is 52. The molecule has 2 atom stereocenters. The zero-order valence-corrected chi connectivity index (χ0v) is 50.4. The van der Waals surface area contributed by atoms with Gasteiger partial charge in [0.25, 0.3) is 7.82 Å². The highest BCUT2D eigenvalue weighted by Crippen LogP contribution is 2.38. The molecule has 0 aromatic heterocycles. The van der Waals surface area contributed by atoms with Gasteiger partial charge in [-0.3, -0.25) is 14.2 Å². The van der Waals surface area contributed by atoms with Gasteiger partial charge >= 0.3 is 11.9 Å². The van der Waals surface area contributed by atoms with Crippen LogP contribution in [-0.2, 0) is 32.7 Å². The number of esters is 2. The van der Waals surface area contributed by atoms with Crippen molar-refractivity contribution in [2.24, 2.45) is 0 Å². The van der Waals surface area contributed by atoms with Gasteiger partial charge < -0.3 is 27.9 Å². The van der Waals surface area contributed by atoms with Gasteiger partial charge in [-0.15, -0.1) is 0 Å². The van der Waals surface area contributed by atoms with E-state index in [1.54, 1.807) is 0 Å². The Morgan fingerprint density at radius 3 is 1.05 bits per heavy atom. The predicted molar refractivity (Wildman–Crippen MR) is 332 cm³/mol. The Balaban J connectivity index is 4.32. The molecule has 0 spiro atoms. The summed E-state index contributed by atoms with van der Waals surface area (Å²) in [6.45, 7) is 3.92. The van der Waals surface area contributed by atoms with Crippen molar-refractivity contribution in [1.29, 1.82) is 0 Å². The molecule has 0 fully saturated rings. The summed E-state index contributed by atoms with van der Waals surface area (Å²) < 4.78 is 34.1. The van der Waals surface area contributed by atoms with Gasteiger partial charge in [-0.2, -0.15) is 0 Å². The van der Waals surface area contributed by atoms with E-state index in [-0.39, 0.29) is 26.1 Å². The van der Waals surface area contributed by atoms with Gasteiger partial charge in [0.05, 0.1) is 27.7 Å². The van der Waals surface area contributed by atoms with Crippen LogP contribution in [0.2, 0.25) is 0 Å². The third-order valence-electron chi connectivity index (χ3n) is 11.7. The van der Waals surface area contributed by atoms with E-state index in [2.05, 4.69) is 184 Å². The van der Waals surface area contributed by atoms with Crippen molar-refractivity contribution in [3.8, 4) is 0 Å². The molecule has 2 unspecified atom stereocenters. The summed E-state index contributed by atoms with van der Waals surface area (Å²) in [5, 5.41) is 0. The second-order valence-corrected chi connectivity index (χ2v) is 21.7. The van der Waals surface area contributed by atoms with E-state index in [4.69, 9.17) is 18.5 Å². The molecule has 0 aliphatic carbocycles. The van der Waals surface area contributed by atoms with Crippen molar-refractivity contribution in [2.75, 3.05) is 47.5 Å². The second-order valence-electron chi connectivity index (χ2n) is 20.2. The van der Waals surface area contributed by atoms with Gasteiger partial charge in [-0.1, -0.05) is 223 Å². The number of carbonyl (C=O) groups excluding carboxylic acids is 2. The molecule has 0 saturated carbocycles. The van der Waals surface area contributed by atoms with E-state index in [0.717, 1.165) is 128 Å². The van der Waals surface area contributed by atoms with Crippen molar-refractivity contribution in [3.63, 3.8) is 0 Å². The van der Waals surface area contributed by atoms with E-state index in [0.29, 0.717) is 23.9 Å². The van der Waals surface area contributed by atoms with Crippen LogP contribution in [0.3, 0.4) is 0 Å². The maximum Gasteiger partial charge on any atom is 0.306 e. The molecule has 78 heavy (non-hydrogen) atoms. The number of ether oxygens (including phenoxy) is 2. The first kappa shape index (κ1) is 73.4. The molecule has 0 amide bonds. The fraction of sp³-hybridized carbons (Fsp3) is 0.559. The molecule has 10 heteroatoms. The zero-order valence-electron chi connectivity index (χ0n) is 49.5. The molecule has 0 radical (unpaired) electrons. The van der Waals surface area contributed by atoms with Gasteiger partial charge in [0, 0.05) is 12.8 Å². The minimum Gasteiger partial charge on any atom is -0.756 e. The topological polar surface area (TPSA) is 111 Å². The van der Waals surface area contributed by atoms with Crippen LogP contribution in [0.1, 0.15) is 194 Å². The summed E-state index contributed by atoms with van der Waals surface area (Å²) in [5.74, 6) is -0.910. The Labute approximate surface area is 477 Å². The Morgan fingerprint density at radius 1 is 0.397 bits per heavy atom. The molecule has 0 saturated heterocycles. The minimum absolute atomic E-state index is 0.0514. The largest absolute Gasteiger partial charge is 0.756 e. The molecule has 0 aromatic rings. The molecule has 0 aliphatic heterocycles. The number of phosphoric acid groups is 1. The zero-order chi connectivity index (χ0) is 57.0. The van der Waals surface area contributed by atoms with E-state index < -0.39 is 32.5 Å². The number of hydrogen-bond donors (Lipinski definition) is 0. The second kappa shape index (κ2) is 57.1. The minimum atomic E-state index is -4.67. The highest BCUT2D eigenvalue weighted by Gasteiger charge is 2.21. The smallest absolute Gasteiger partial charge is 0.306 e. The lowest BCUT2D eigenvalue weighted by atomic mass is 10.1. The van der Waals surface area contributed by atoms with Crippen molar-refractivity contribution < 1.29 is 42.1 Å². The first-order valence-corrected chi connectivity index (χ1v) is 31.3. The number of nitrogens with zero attached hydrogens (tertiary/aromatic N) is 1. The Hall–Kier alpha value is -4.63. The monoisotopic (exact) mass is 1100 g/mol. The molecule has 438 valence electrons. The Morgan fingerprint density at radius 2 is 0.692 bits per heavy atom. The Bertz CT molecular complexity index is 1920. The first-order chi connectivity index (χ1) is 38.0. The molecule has 0 aliphatic rings. The molecule has 0 rings (SSSR count). The first-order valence-electron chi connectivity index (χ1n) is 29.8. The third-order valence-corrected chi connectivity index (χ3v) is 12.7. The predicted octanol–water partition coefficient (Wildman–Crippen LogP) is 18.4. The number of phosphoric ester groups is 1. The summed E-state index contributed by atoms with van der Waals surface area (Å²) in [4.78, 5) is 37.9. The molecular weight excluding hydrogens is 990 g/mol. The fourth-order valence-corrected chi connectivity index (χ4v) is 7.93. The normalized spacial score (nSPS) is 14.5. The quantitative estimate of drug-likeness (QED) is 0.0195. The molecular formula is C68H108NO8P. The van der Waals surface area contributed by atoms with Crippen LogP contribution in [0.5, 0.6) is 0 Å². The van der Waals surface area contributed by atoms with E-state index in [1.165, 1.54) is 25.7 Å². The average Bonchev–Trinajstić information content (AvgIpc) is 3.41. The summed E-state index contributed by atoms with van der Waals surface area (Å²) in [6.07, 6.45) is 86.9. The number of likely N-dealkylation sites (N-methyl/N-ethyl adjacent to an activating group) is 1. The maximum absolute atomic E-state index is 12.8. The lowest BCUT2D eigenvalue weighted by Gasteiger charge is -2.28. The van der Waals surface area contributed by atoms with Crippen LogP contribution in [0.25, 0.3) is 0 Å². The van der Waals surface area contributed by atoms with Gasteiger partial charge in [-0.05, 0) is 128 Å². The average molecular weight is 1100 g/mol. The Kier molecular flexibility index (Phi) is 53.7. The van der Waals surface area contributed by atoms with Crippen LogP contribution >= 0.6 is 7.82 Å². The van der Waals surface area contributed by atoms with Crippen molar-refractivity contribution in [3.05, 3.63) is 170 Å².